The van der Waals surface area contributed by atoms with Crippen LogP contribution in [0, 0.1) is 10.8 Å². The van der Waals surface area contributed by atoms with Gasteiger partial charge in [0.1, 0.15) is 11.4 Å². The van der Waals surface area contributed by atoms with E-state index in [0.717, 1.165) is 12.1 Å². The summed E-state index contributed by atoms with van der Waals surface area (Å²) < 4.78 is 10.5. The Morgan fingerprint density at radius 2 is 1.85 bits per heavy atom. The lowest BCUT2D eigenvalue weighted by molar-refractivity contribution is -0.127. The van der Waals surface area contributed by atoms with Gasteiger partial charge >= 0.3 is 0 Å². The average molecular weight is 465 g/mol. The minimum Gasteiger partial charge on any atom is -0.496 e. The predicted molar refractivity (Wildman–Crippen MR) is 127 cm³/mol. The number of piperidine rings is 1. The molecule has 10 heteroatoms. The van der Waals surface area contributed by atoms with Gasteiger partial charge in [-0.25, -0.2) is 9.97 Å². The van der Waals surface area contributed by atoms with Gasteiger partial charge in [0.25, 0.3) is 5.91 Å². The highest BCUT2D eigenvalue weighted by atomic mass is 16.5. The Balaban J connectivity index is 1.46. The number of carbonyl (C=O) groups is 2. The highest BCUT2D eigenvalue weighted by molar-refractivity contribution is 6.09. The normalized spacial score (nSPS) is 17.7. The Labute approximate surface area is 197 Å². The Hall–Kier alpha value is -3.95. The largest absolute Gasteiger partial charge is 0.496 e. The molecule has 2 saturated heterocycles. The van der Waals surface area contributed by atoms with Crippen molar-refractivity contribution in [3.8, 4) is 11.6 Å². The summed E-state index contributed by atoms with van der Waals surface area (Å²) in [5.74, 6) is 0.777. The first-order chi connectivity index (χ1) is 16.5. The molecular formula is C24H28N6O4. The maximum Gasteiger partial charge on any atom is 0.274 e. The van der Waals surface area contributed by atoms with Crippen molar-refractivity contribution in [2.45, 2.75) is 19.3 Å². The molecule has 0 unspecified atom stereocenters. The fourth-order valence-electron chi connectivity index (χ4n) is 4.66. The van der Waals surface area contributed by atoms with E-state index >= 15 is 0 Å². The van der Waals surface area contributed by atoms with Crippen molar-refractivity contribution >= 4 is 29.3 Å². The van der Waals surface area contributed by atoms with Crippen LogP contribution in [0.1, 0.15) is 35.3 Å². The summed E-state index contributed by atoms with van der Waals surface area (Å²) in [6.07, 6.45) is 7.28. The molecule has 34 heavy (non-hydrogen) atoms. The van der Waals surface area contributed by atoms with Gasteiger partial charge < -0.3 is 30.4 Å². The second-order valence-corrected chi connectivity index (χ2v) is 8.37. The second kappa shape index (κ2) is 9.50. The molecule has 0 saturated carbocycles. The summed E-state index contributed by atoms with van der Waals surface area (Å²) in [6.45, 7) is 1.57. The van der Waals surface area contributed by atoms with Crippen LogP contribution in [0.15, 0.2) is 36.8 Å². The van der Waals surface area contributed by atoms with E-state index in [-0.39, 0.29) is 17.5 Å². The predicted octanol–water partition coefficient (Wildman–Crippen LogP) is 2.10. The molecule has 3 N–H and O–H groups in total. The quantitative estimate of drug-likeness (QED) is 0.625. The molecule has 2 aliphatic rings. The van der Waals surface area contributed by atoms with Crippen LogP contribution in [0.25, 0.3) is 5.57 Å². The van der Waals surface area contributed by atoms with Gasteiger partial charge in [-0.1, -0.05) is 0 Å². The van der Waals surface area contributed by atoms with Crippen LogP contribution in [0.5, 0.6) is 11.6 Å². The highest BCUT2D eigenvalue weighted by Gasteiger charge is 2.49. The summed E-state index contributed by atoms with van der Waals surface area (Å²) in [7, 11) is 3.04. The number of nitrogens with two attached hydrogens (primary N) is 1. The molecule has 2 amide bonds. The Morgan fingerprint density at radius 3 is 2.44 bits per heavy atom. The molecular weight excluding hydrogens is 436 g/mol. The van der Waals surface area contributed by atoms with Crippen molar-refractivity contribution < 1.29 is 19.1 Å². The summed E-state index contributed by atoms with van der Waals surface area (Å²) in [6, 6.07) is 5.47. The van der Waals surface area contributed by atoms with Crippen LogP contribution in [0.2, 0.25) is 0 Å². The molecule has 3 heterocycles. The molecule has 0 bridgehead atoms. The topological polar surface area (TPSA) is 135 Å². The average Bonchev–Trinajstić information content (AvgIpc) is 3.20. The zero-order valence-electron chi connectivity index (χ0n) is 19.3. The SMILES string of the molecule is COc1cnc(C(=O)N2CCC3(CC2)CCN(c2ccc(/C(C=N)=C/N)c(OC)c2)C3=O)cn1. The lowest BCUT2D eigenvalue weighted by Crippen LogP contribution is -2.46. The molecule has 1 spiro atoms. The van der Waals surface area contributed by atoms with Crippen molar-refractivity contribution in [2.75, 3.05) is 38.8 Å². The third-order valence-corrected chi connectivity index (χ3v) is 6.72. The number of hydrogen-bond acceptors (Lipinski definition) is 8. The Kier molecular flexibility index (Phi) is 6.49. The van der Waals surface area contributed by atoms with Crippen LogP contribution in [-0.2, 0) is 4.79 Å². The molecule has 1 aromatic heterocycles. The molecule has 0 aliphatic carbocycles. The fourth-order valence-corrected chi connectivity index (χ4v) is 4.66. The highest BCUT2D eigenvalue weighted by Crippen LogP contribution is 2.44. The van der Waals surface area contributed by atoms with E-state index in [1.807, 2.05) is 12.1 Å². The smallest absolute Gasteiger partial charge is 0.274 e. The monoisotopic (exact) mass is 464 g/mol. The van der Waals surface area contributed by atoms with Crippen LogP contribution in [-0.4, -0.2) is 66.8 Å². The van der Waals surface area contributed by atoms with Gasteiger partial charge in [0, 0.05) is 54.9 Å². The van der Waals surface area contributed by atoms with Crippen molar-refractivity contribution in [1.82, 2.24) is 14.9 Å². The molecule has 2 fully saturated rings. The number of rotatable bonds is 6. The van der Waals surface area contributed by atoms with Crippen molar-refractivity contribution in [3.05, 3.63) is 48.1 Å². The summed E-state index contributed by atoms with van der Waals surface area (Å²) >= 11 is 0. The van der Waals surface area contributed by atoms with Crippen molar-refractivity contribution in [2.24, 2.45) is 11.1 Å². The number of nitrogens with zero attached hydrogens (tertiary/aromatic N) is 4. The van der Waals surface area contributed by atoms with E-state index in [1.165, 1.54) is 31.9 Å². The number of amides is 2. The number of nitrogens with one attached hydrogen (secondary N) is 1. The lowest BCUT2D eigenvalue weighted by Gasteiger charge is -2.37. The van der Waals surface area contributed by atoms with E-state index in [4.69, 9.17) is 20.6 Å². The molecule has 178 valence electrons. The van der Waals surface area contributed by atoms with E-state index < -0.39 is 5.41 Å². The zero-order chi connectivity index (χ0) is 24.3. The van der Waals surface area contributed by atoms with Gasteiger partial charge in [0.15, 0.2) is 0 Å². The zero-order valence-corrected chi connectivity index (χ0v) is 19.3. The van der Waals surface area contributed by atoms with Gasteiger partial charge in [-0.2, -0.15) is 0 Å². The number of benzene rings is 1. The Bertz CT molecular complexity index is 1120. The third kappa shape index (κ3) is 4.07. The van der Waals surface area contributed by atoms with Crippen molar-refractivity contribution in [1.29, 1.82) is 5.41 Å². The number of ether oxygens (including phenoxy) is 2. The maximum absolute atomic E-state index is 13.5. The molecule has 0 radical (unpaired) electrons. The summed E-state index contributed by atoms with van der Waals surface area (Å²) in [5, 5.41) is 7.54. The minimum absolute atomic E-state index is 0.0697. The first kappa shape index (κ1) is 23.2. The van der Waals surface area contributed by atoms with Crippen molar-refractivity contribution in [3.63, 3.8) is 0 Å². The van der Waals surface area contributed by atoms with Gasteiger partial charge in [-0.3, -0.25) is 9.59 Å². The number of allylic oxidation sites excluding steroid dienone is 1. The van der Waals surface area contributed by atoms with Gasteiger partial charge in [-0.05, 0) is 31.4 Å². The van der Waals surface area contributed by atoms with E-state index in [0.29, 0.717) is 55.2 Å². The first-order valence-corrected chi connectivity index (χ1v) is 11.0. The van der Waals surface area contributed by atoms with Crippen LogP contribution in [0.3, 0.4) is 0 Å². The van der Waals surface area contributed by atoms with E-state index in [1.54, 1.807) is 23.0 Å². The van der Waals surface area contributed by atoms with Crippen LogP contribution < -0.4 is 20.1 Å². The summed E-state index contributed by atoms with van der Waals surface area (Å²) in [4.78, 5) is 38.0. The van der Waals surface area contributed by atoms with E-state index in [2.05, 4.69) is 9.97 Å². The third-order valence-electron chi connectivity index (χ3n) is 6.72. The lowest BCUT2D eigenvalue weighted by atomic mass is 9.77. The van der Waals surface area contributed by atoms with Gasteiger partial charge in [0.05, 0.1) is 32.0 Å². The van der Waals surface area contributed by atoms with Gasteiger partial charge in [0.2, 0.25) is 11.8 Å². The van der Waals surface area contributed by atoms with E-state index in [9.17, 15) is 9.59 Å². The molecule has 1 aromatic carbocycles. The number of aromatic nitrogens is 2. The van der Waals surface area contributed by atoms with Crippen LogP contribution in [0.4, 0.5) is 5.69 Å². The van der Waals surface area contributed by atoms with Gasteiger partial charge in [-0.15, -0.1) is 0 Å². The number of hydrogen-bond donors (Lipinski definition) is 2. The van der Waals surface area contributed by atoms with Crippen LogP contribution >= 0.6 is 0 Å². The molecule has 2 aromatic rings. The molecule has 0 atom stereocenters. The Morgan fingerprint density at radius 1 is 1.12 bits per heavy atom. The number of anilines is 1. The number of carbonyl (C=O) groups excluding carboxylic acids is 2. The molecule has 4 rings (SSSR count). The number of methoxy groups -OCH3 is 2. The number of likely N-dealkylation sites (tertiary alicyclic amines) is 1. The maximum atomic E-state index is 13.5. The standard InChI is InChI=1S/C24H28N6O4/c1-33-20-11-17(3-4-18(20)16(12-25)13-26)30-10-7-24(23(30)32)5-8-29(9-6-24)22(31)19-14-28-21(34-2)15-27-19/h3-4,11-15,25H,5-10,26H2,1-2H3/b16-13+,25-12?. The molecule has 2 aliphatic heterocycles. The molecule has 10 nitrogen and oxygen atoms in total. The first-order valence-electron chi connectivity index (χ1n) is 11.0. The summed E-state index contributed by atoms with van der Waals surface area (Å²) in [5.41, 5.74) is 7.38. The second-order valence-electron chi connectivity index (χ2n) is 8.37. The minimum atomic E-state index is -0.481. The fraction of sp³-hybridized carbons (Fsp3) is 0.375.